The first-order valence-electron chi connectivity index (χ1n) is 6.69. The van der Waals surface area contributed by atoms with Crippen LogP contribution in [-0.2, 0) is 20.0 Å². The van der Waals surface area contributed by atoms with E-state index < -0.39 is 0 Å². The second-order valence-corrected chi connectivity index (χ2v) is 4.45. The molecule has 4 nitrogen and oxygen atoms in total. The van der Waals surface area contributed by atoms with Gasteiger partial charge in [0.2, 0.25) is 0 Å². The van der Waals surface area contributed by atoms with Gasteiger partial charge in [-0.3, -0.25) is 4.68 Å². The van der Waals surface area contributed by atoms with Crippen molar-refractivity contribution in [2.75, 3.05) is 13.2 Å². The summed E-state index contributed by atoms with van der Waals surface area (Å²) >= 11 is 0. The van der Waals surface area contributed by atoms with E-state index >= 15 is 0 Å². The second kappa shape index (κ2) is 6.95. The zero-order valence-corrected chi connectivity index (χ0v) is 11.6. The van der Waals surface area contributed by atoms with E-state index in [0.717, 1.165) is 31.0 Å². The molecule has 0 aliphatic heterocycles. The first-order valence-corrected chi connectivity index (χ1v) is 6.69. The van der Waals surface area contributed by atoms with Crippen LogP contribution in [0.3, 0.4) is 0 Å². The maximum atomic E-state index is 5.60. The van der Waals surface area contributed by atoms with Gasteiger partial charge in [-0.2, -0.15) is 5.10 Å². The molecule has 4 heteroatoms. The Kier molecular flexibility index (Phi) is 4.98. The average molecular weight is 259 g/mol. The Balaban J connectivity index is 1.79. The number of aryl methyl sites for hydroxylation is 1. The van der Waals surface area contributed by atoms with Gasteiger partial charge in [0.25, 0.3) is 0 Å². The highest BCUT2D eigenvalue weighted by Crippen LogP contribution is 2.17. The minimum Gasteiger partial charge on any atom is -0.494 e. The Bertz CT molecular complexity index is 508. The summed E-state index contributed by atoms with van der Waals surface area (Å²) in [4.78, 5) is 0. The van der Waals surface area contributed by atoms with Crippen LogP contribution in [0.2, 0.25) is 0 Å². The van der Waals surface area contributed by atoms with E-state index in [1.807, 2.05) is 43.0 Å². The van der Waals surface area contributed by atoms with E-state index in [1.165, 1.54) is 5.56 Å². The molecule has 0 amide bonds. The Labute approximate surface area is 114 Å². The van der Waals surface area contributed by atoms with E-state index in [-0.39, 0.29) is 0 Å². The highest BCUT2D eigenvalue weighted by molar-refractivity contribution is 5.33. The van der Waals surface area contributed by atoms with Gasteiger partial charge in [-0.25, -0.2) is 0 Å². The summed E-state index contributed by atoms with van der Waals surface area (Å²) in [6.07, 6.45) is 2.91. The molecular formula is C15H21N3O. The van der Waals surface area contributed by atoms with Gasteiger partial charge in [-0.05, 0) is 19.1 Å². The fourth-order valence-electron chi connectivity index (χ4n) is 1.98. The Morgan fingerprint density at radius 2 is 2.11 bits per heavy atom. The first kappa shape index (κ1) is 13.6. The monoisotopic (exact) mass is 259 g/mol. The molecule has 102 valence electrons. The summed E-state index contributed by atoms with van der Waals surface area (Å²) in [7, 11) is 1.94. The molecule has 19 heavy (non-hydrogen) atoms. The molecule has 0 unspecified atom stereocenters. The van der Waals surface area contributed by atoms with E-state index in [1.54, 1.807) is 0 Å². The predicted octanol–water partition coefficient (Wildman–Crippen LogP) is 2.15. The third-order valence-corrected chi connectivity index (χ3v) is 2.91. The maximum Gasteiger partial charge on any atom is 0.123 e. The van der Waals surface area contributed by atoms with E-state index in [4.69, 9.17) is 4.74 Å². The molecule has 0 radical (unpaired) electrons. The lowest BCUT2D eigenvalue weighted by molar-refractivity contribution is 0.335. The lowest BCUT2D eigenvalue weighted by atomic mass is 10.2. The van der Waals surface area contributed by atoms with E-state index in [9.17, 15) is 0 Å². The third kappa shape index (κ3) is 4.10. The topological polar surface area (TPSA) is 39.1 Å². The van der Waals surface area contributed by atoms with Gasteiger partial charge in [-0.1, -0.05) is 18.2 Å². The molecule has 1 aromatic carbocycles. The second-order valence-electron chi connectivity index (χ2n) is 4.45. The summed E-state index contributed by atoms with van der Waals surface area (Å²) in [5.74, 6) is 0.968. The van der Waals surface area contributed by atoms with Crippen LogP contribution >= 0.6 is 0 Å². The molecule has 0 bridgehead atoms. The summed E-state index contributed by atoms with van der Waals surface area (Å²) in [5, 5.41) is 7.78. The fraction of sp³-hybridized carbons (Fsp3) is 0.400. The minimum absolute atomic E-state index is 0.699. The number of aromatic nitrogens is 2. The van der Waals surface area contributed by atoms with Crippen LogP contribution in [0.4, 0.5) is 0 Å². The number of hydrogen-bond donors (Lipinski definition) is 1. The highest BCUT2D eigenvalue weighted by Gasteiger charge is 2.02. The van der Waals surface area contributed by atoms with Crippen molar-refractivity contribution in [1.82, 2.24) is 15.1 Å². The SMILES string of the molecule is CCOc1ccccc1CNCCc1ccn(C)n1. The molecule has 0 spiro atoms. The van der Waals surface area contributed by atoms with Crippen LogP contribution in [0.5, 0.6) is 5.75 Å². The fourth-order valence-corrected chi connectivity index (χ4v) is 1.98. The van der Waals surface area contributed by atoms with Gasteiger partial charge in [0.1, 0.15) is 5.75 Å². The van der Waals surface area contributed by atoms with Crippen molar-refractivity contribution in [2.24, 2.45) is 7.05 Å². The third-order valence-electron chi connectivity index (χ3n) is 2.91. The van der Waals surface area contributed by atoms with Crippen LogP contribution in [-0.4, -0.2) is 22.9 Å². The molecule has 1 N–H and O–H groups in total. The molecule has 0 fully saturated rings. The van der Waals surface area contributed by atoms with Gasteiger partial charge in [0.05, 0.1) is 12.3 Å². The molecule has 0 aliphatic rings. The average Bonchev–Trinajstić information content (AvgIpc) is 2.83. The van der Waals surface area contributed by atoms with Crippen molar-refractivity contribution in [1.29, 1.82) is 0 Å². The molecule has 0 saturated heterocycles. The molecule has 1 heterocycles. The molecular weight excluding hydrogens is 238 g/mol. The predicted molar refractivity (Wildman–Crippen MR) is 76.2 cm³/mol. The number of ether oxygens (including phenoxy) is 1. The van der Waals surface area contributed by atoms with Gasteiger partial charge in [0, 0.05) is 38.3 Å². The minimum atomic E-state index is 0.699. The van der Waals surface area contributed by atoms with Crippen LogP contribution in [0.1, 0.15) is 18.2 Å². The van der Waals surface area contributed by atoms with Gasteiger partial charge in [-0.15, -0.1) is 0 Å². The maximum absolute atomic E-state index is 5.60. The lowest BCUT2D eigenvalue weighted by Crippen LogP contribution is -2.17. The molecule has 0 saturated carbocycles. The molecule has 2 aromatic rings. The Hall–Kier alpha value is -1.81. The first-order chi connectivity index (χ1) is 9.29. The quantitative estimate of drug-likeness (QED) is 0.774. The smallest absolute Gasteiger partial charge is 0.123 e. The van der Waals surface area contributed by atoms with Gasteiger partial charge < -0.3 is 10.1 Å². The van der Waals surface area contributed by atoms with Crippen molar-refractivity contribution in [3.05, 3.63) is 47.8 Å². The molecule has 1 aromatic heterocycles. The number of nitrogens with zero attached hydrogens (tertiary/aromatic N) is 2. The van der Waals surface area contributed by atoms with Crippen LogP contribution in [0.15, 0.2) is 36.5 Å². The number of hydrogen-bond acceptors (Lipinski definition) is 3. The zero-order chi connectivity index (χ0) is 13.5. The largest absolute Gasteiger partial charge is 0.494 e. The van der Waals surface area contributed by atoms with Crippen LogP contribution in [0, 0.1) is 0 Å². The number of para-hydroxylation sites is 1. The summed E-state index contributed by atoms with van der Waals surface area (Å²) < 4.78 is 7.43. The number of rotatable bonds is 7. The van der Waals surface area contributed by atoms with Gasteiger partial charge in [0.15, 0.2) is 0 Å². The summed E-state index contributed by atoms with van der Waals surface area (Å²) in [5.41, 5.74) is 2.32. The van der Waals surface area contributed by atoms with E-state index in [2.05, 4.69) is 22.5 Å². The Morgan fingerprint density at radius 3 is 2.84 bits per heavy atom. The zero-order valence-electron chi connectivity index (χ0n) is 11.6. The highest BCUT2D eigenvalue weighted by atomic mass is 16.5. The van der Waals surface area contributed by atoms with Crippen LogP contribution < -0.4 is 10.1 Å². The van der Waals surface area contributed by atoms with E-state index in [0.29, 0.717) is 6.61 Å². The molecule has 0 atom stereocenters. The van der Waals surface area contributed by atoms with Crippen molar-refractivity contribution < 1.29 is 4.74 Å². The van der Waals surface area contributed by atoms with Crippen molar-refractivity contribution in [3.8, 4) is 5.75 Å². The molecule has 0 aliphatic carbocycles. The summed E-state index contributed by atoms with van der Waals surface area (Å²) in [6.45, 7) is 4.44. The van der Waals surface area contributed by atoms with Crippen LogP contribution in [0.25, 0.3) is 0 Å². The van der Waals surface area contributed by atoms with Gasteiger partial charge >= 0.3 is 0 Å². The standard InChI is InChI=1S/C15H21N3O/c1-3-19-15-7-5-4-6-13(15)12-16-10-8-14-9-11-18(2)17-14/h4-7,9,11,16H,3,8,10,12H2,1-2H3. The normalized spacial score (nSPS) is 10.6. The number of nitrogens with one attached hydrogen (secondary N) is 1. The lowest BCUT2D eigenvalue weighted by Gasteiger charge is -2.10. The number of benzene rings is 1. The van der Waals surface area contributed by atoms with Crippen molar-refractivity contribution in [2.45, 2.75) is 19.9 Å². The summed E-state index contributed by atoms with van der Waals surface area (Å²) in [6, 6.07) is 10.2. The molecule has 2 rings (SSSR count). The van der Waals surface area contributed by atoms with Crippen molar-refractivity contribution in [3.63, 3.8) is 0 Å². The Morgan fingerprint density at radius 1 is 1.26 bits per heavy atom. The van der Waals surface area contributed by atoms with Crippen molar-refractivity contribution >= 4 is 0 Å².